The van der Waals surface area contributed by atoms with Crippen molar-refractivity contribution >= 4 is 19.2 Å². The number of methoxy groups -OCH3 is 4. The van der Waals surface area contributed by atoms with Gasteiger partial charge in [0.2, 0.25) is 11.7 Å². The summed E-state index contributed by atoms with van der Waals surface area (Å²) in [4.78, 5) is 12.3. The highest BCUT2D eigenvalue weighted by molar-refractivity contribution is 6.34. The van der Waals surface area contributed by atoms with E-state index in [-0.39, 0.29) is 12.3 Å². The van der Waals surface area contributed by atoms with Crippen LogP contribution in [0.3, 0.4) is 0 Å². The van der Waals surface area contributed by atoms with Gasteiger partial charge in [-0.05, 0) is 41.2 Å². The molecule has 0 unspecified atom stereocenters. The van der Waals surface area contributed by atoms with Gasteiger partial charge < -0.3 is 24.3 Å². The molecule has 0 spiro atoms. The number of hydrogen-bond acceptors (Lipinski definition) is 5. The van der Waals surface area contributed by atoms with Crippen molar-refractivity contribution in [2.24, 2.45) is 0 Å². The van der Waals surface area contributed by atoms with Crippen molar-refractivity contribution in [1.82, 2.24) is 5.32 Å². The first-order valence-electron chi connectivity index (χ1n) is 8.71. The second kappa shape index (κ2) is 9.76. The van der Waals surface area contributed by atoms with Gasteiger partial charge in [0.25, 0.3) is 0 Å². The molecule has 0 saturated heterocycles. The zero-order valence-electron chi connectivity index (χ0n) is 16.5. The lowest BCUT2D eigenvalue weighted by atomic mass is 9.93. The molecule has 1 N–H and O–H groups in total. The van der Waals surface area contributed by atoms with Crippen molar-refractivity contribution in [3.05, 3.63) is 41.5 Å². The summed E-state index contributed by atoms with van der Waals surface area (Å²) in [7, 11) is 8.31. The van der Waals surface area contributed by atoms with E-state index in [2.05, 4.69) is 5.32 Å². The van der Waals surface area contributed by atoms with Crippen LogP contribution in [-0.4, -0.2) is 48.7 Å². The van der Waals surface area contributed by atoms with E-state index in [4.69, 9.17) is 18.9 Å². The van der Waals surface area contributed by atoms with Gasteiger partial charge in [-0.2, -0.15) is 0 Å². The van der Waals surface area contributed by atoms with Gasteiger partial charge in [-0.1, -0.05) is 12.1 Å². The Labute approximate surface area is 161 Å². The van der Waals surface area contributed by atoms with E-state index < -0.39 is 0 Å². The highest BCUT2D eigenvalue weighted by atomic mass is 16.5. The van der Waals surface area contributed by atoms with Gasteiger partial charge in [0.1, 0.15) is 13.6 Å². The second-order valence-electron chi connectivity index (χ2n) is 6.11. The summed E-state index contributed by atoms with van der Waals surface area (Å²) in [6, 6.07) is 9.63. The van der Waals surface area contributed by atoms with Crippen molar-refractivity contribution < 1.29 is 23.7 Å². The molecule has 0 saturated carbocycles. The number of amides is 1. The number of carbonyl (C=O) groups is 1. The predicted molar refractivity (Wildman–Crippen MR) is 108 cm³/mol. The normalized spacial score (nSPS) is 10.2. The lowest BCUT2D eigenvalue weighted by molar-refractivity contribution is -0.120. The predicted octanol–water partition coefficient (Wildman–Crippen LogP) is 0.881. The molecule has 0 aromatic heterocycles. The molecule has 0 aliphatic heterocycles. The fourth-order valence-electron chi connectivity index (χ4n) is 2.85. The topological polar surface area (TPSA) is 66.0 Å². The van der Waals surface area contributed by atoms with Crippen LogP contribution in [0.15, 0.2) is 30.3 Å². The summed E-state index contributed by atoms with van der Waals surface area (Å²) >= 11 is 0. The van der Waals surface area contributed by atoms with Crippen molar-refractivity contribution in [2.75, 3.05) is 35.0 Å². The Hall–Kier alpha value is -2.83. The molecule has 1 amide bonds. The molecule has 144 valence electrons. The minimum atomic E-state index is -0.0663. The fraction of sp³-hybridized carbons (Fsp3) is 0.350. The maximum absolute atomic E-state index is 12.3. The first-order chi connectivity index (χ1) is 13.0. The van der Waals surface area contributed by atoms with Crippen molar-refractivity contribution in [1.29, 1.82) is 0 Å². The average molecular weight is 371 g/mol. The zero-order chi connectivity index (χ0) is 19.8. The molecule has 0 aliphatic rings. The molecule has 7 heteroatoms. The Morgan fingerprint density at radius 2 is 1.48 bits per heavy atom. The van der Waals surface area contributed by atoms with E-state index in [0.29, 0.717) is 23.8 Å². The van der Waals surface area contributed by atoms with Crippen LogP contribution in [0.2, 0.25) is 0 Å². The monoisotopic (exact) mass is 371 g/mol. The molecule has 0 radical (unpaired) electrons. The van der Waals surface area contributed by atoms with Crippen LogP contribution >= 0.6 is 0 Å². The molecule has 2 aromatic carbocycles. The summed E-state index contributed by atoms with van der Waals surface area (Å²) < 4.78 is 21.3. The SMILES string of the molecule is Bc1ccc(CCNC(=O)Cc2cc(OC)c(OC)c(OC)c2)cc1OC. The molecular weight excluding hydrogens is 345 g/mol. The highest BCUT2D eigenvalue weighted by Gasteiger charge is 2.14. The van der Waals surface area contributed by atoms with Gasteiger partial charge in [0, 0.05) is 6.54 Å². The third-order valence-electron chi connectivity index (χ3n) is 4.30. The van der Waals surface area contributed by atoms with Crippen molar-refractivity contribution in [2.45, 2.75) is 12.8 Å². The first-order valence-corrected chi connectivity index (χ1v) is 8.71. The Morgan fingerprint density at radius 1 is 0.889 bits per heavy atom. The highest BCUT2D eigenvalue weighted by Crippen LogP contribution is 2.38. The number of hydrogen-bond donors (Lipinski definition) is 1. The van der Waals surface area contributed by atoms with Crippen molar-refractivity contribution in [3.63, 3.8) is 0 Å². The van der Waals surface area contributed by atoms with E-state index in [1.165, 1.54) is 0 Å². The largest absolute Gasteiger partial charge is 0.497 e. The van der Waals surface area contributed by atoms with Crippen molar-refractivity contribution in [3.8, 4) is 23.0 Å². The van der Waals surface area contributed by atoms with Gasteiger partial charge in [-0.25, -0.2) is 0 Å². The Bertz CT molecular complexity index is 769. The minimum Gasteiger partial charge on any atom is -0.497 e. The van der Waals surface area contributed by atoms with Gasteiger partial charge in [0.05, 0.1) is 34.9 Å². The van der Waals surface area contributed by atoms with Crippen LogP contribution in [0.1, 0.15) is 11.1 Å². The Balaban J connectivity index is 1.96. The molecule has 2 aromatic rings. The molecule has 0 heterocycles. The maximum Gasteiger partial charge on any atom is 0.224 e. The quantitative estimate of drug-likeness (QED) is 0.663. The third kappa shape index (κ3) is 5.32. The fourth-order valence-corrected chi connectivity index (χ4v) is 2.85. The average Bonchev–Trinajstić information content (AvgIpc) is 2.68. The number of ether oxygens (including phenoxy) is 4. The van der Waals surface area contributed by atoms with Gasteiger partial charge in [-0.15, -0.1) is 0 Å². The Kier molecular flexibility index (Phi) is 7.40. The van der Waals surface area contributed by atoms with E-state index >= 15 is 0 Å². The summed E-state index contributed by atoms with van der Waals surface area (Å²) in [5.41, 5.74) is 3.00. The van der Waals surface area contributed by atoms with Crippen LogP contribution in [0.25, 0.3) is 0 Å². The molecular formula is C20H26BNO5. The summed E-state index contributed by atoms with van der Waals surface area (Å²) in [5.74, 6) is 2.37. The zero-order valence-corrected chi connectivity index (χ0v) is 16.5. The first kappa shape index (κ1) is 20.5. The molecule has 0 aliphatic carbocycles. The minimum absolute atomic E-state index is 0.0663. The van der Waals surface area contributed by atoms with Crippen LogP contribution < -0.4 is 29.7 Å². The lowest BCUT2D eigenvalue weighted by Crippen LogP contribution is -2.27. The van der Waals surface area contributed by atoms with Gasteiger partial charge in [-0.3, -0.25) is 4.79 Å². The number of benzene rings is 2. The smallest absolute Gasteiger partial charge is 0.224 e. The second-order valence-corrected chi connectivity index (χ2v) is 6.11. The van der Waals surface area contributed by atoms with E-state index in [9.17, 15) is 4.79 Å². The van der Waals surface area contributed by atoms with Crippen LogP contribution in [0.5, 0.6) is 23.0 Å². The molecule has 0 bridgehead atoms. The maximum atomic E-state index is 12.3. The molecule has 0 fully saturated rings. The summed E-state index contributed by atoms with van der Waals surface area (Å²) in [6.45, 7) is 0.551. The van der Waals surface area contributed by atoms with Gasteiger partial charge >= 0.3 is 0 Å². The van der Waals surface area contributed by atoms with Crippen LogP contribution in [0, 0.1) is 0 Å². The summed E-state index contributed by atoms with van der Waals surface area (Å²) in [6.07, 6.45) is 0.964. The van der Waals surface area contributed by atoms with E-state index in [1.54, 1.807) is 40.6 Å². The molecule has 2 rings (SSSR count). The lowest BCUT2D eigenvalue weighted by Gasteiger charge is -2.14. The summed E-state index contributed by atoms with van der Waals surface area (Å²) in [5, 5.41) is 2.94. The van der Waals surface area contributed by atoms with Crippen LogP contribution in [-0.2, 0) is 17.6 Å². The number of nitrogens with one attached hydrogen (secondary N) is 1. The number of rotatable bonds is 9. The van der Waals surface area contributed by atoms with E-state index in [1.807, 2.05) is 26.0 Å². The standard InChI is InChI=1S/C20H26BNO5/c1-24-16-9-13(5-6-15(16)21)7-8-22-19(23)12-14-10-17(25-2)20(27-4)18(11-14)26-3/h5-6,9-11H,7-8,12,21H2,1-4H3,(H,22,23). The number of carbonyl (C=O) groups excluding carboxylic acids is 1. The molecule has 6 nitrogen and oxygen atoms in total. The third-order valence-corrected chi connectivity index (χ3v) is 4.30. The molecule has 0 atom stereocenters. The Morgan fingerprint density at radius 3 is 2.04 bits per heavy atom. The van der Waals surface area contributed by atoms with Gasteiger partial charge in [0.15, 0.2) is 11.5 Å². The molecule has 27 heavy (non-hydrogen) atoms. The van der Waals surface area contributed by atoms with Crippen LogP contribution in [0.4, 0.5) is 0 Å². The van der Waals surface area contributed by atoms with E-state index in [0.717, 1.165) is 28.8 Å².